The number of methoxy groups -OCH3 is 1. The van der Waals surface area contributed by atoms with E-state index in [1.807, 2.05) is 31.2 Å². The molecule has 2 rings (SSSR count). The van der Waals surface area contributed by atoms with Crippen molar-refractivity contribution in [2.45, 2.75) is 19.4 Å². The Morgan fingerprint density at radius 1 is 1.21 bits per heavy atom. The maximum atomic E-state index is 5.83. The molecule has 1 heterocycles. The van der Waals surface area contributed by atoms with Crippen LogP contribution >= 0.6 is 11.6 Å². The third-order valence-corrected chi connectivity index (χ3v) is 2.91. The predicted octanol–water partition coefficient (Wildman–Crippen LogP) is 3.11. The van der Waals surface area contributed by atoms with Gasteiger partial charge in [0.25, 0.3) is 0 Å². The summed E-state index contributed by atoms with van der Waals surface area (Å²) >= 11 is 5.83. The first kappa shape index (κ1) is 13.6. The Kier molecular flexibility index (Phi) is 4.58. The van der Waals surface area contributed by atoms with Crippen LogP contribution in [0.4, 0.5) is 0 Å². The second-order valence-electron chi connectivity index (χ2n) is 4.02. The minimum absolute atomic E-state index is 0.332. The molecule has 1 aromatic heterocycles. The summed E-state index contributed by atoms with van der Waals surface area (Å²) in [5.74, 6) is 2.36. The molecular formula is C14H15ClN2O2. The molecule has 0 aliphatic carbocycles. The zero-order chi connectivity index (χ0) is 13.7. The van der Waals surface area contributed by atoms with Crippen LogP contribution in [0.15, 0.2) is 30.5 Å². The minimum atomic E-state index is 0.332. The van der Waals surface area contributed by atoms with Crippen LogP contribution in [0.25, 0.3) is 0 Å². The molecule has 0 N–H and O–H groups in total. The van der Waals surface area contributed by atoms with Gasteiger partial charge < -0.3 is 9.47 Å². The van der Waals surface area contributed by atoms with Crippen LogP contribution in [0.1, 0.15) is 17.0 Å². The molecule has 100 valence electrons. The number of ether oxygens (including phenoxy) is 2. The lowest BCUT2D eigenvalue weighted by atomic mass is 10.2. The molecule has 19 heavy (non-hydrogen) atoms. The fourth-order valence-corrected chi connectivity index (χ4v) is 1.75. The SMILES string of the molecule is COc1ccc(COc2nc(C)ncc2CCl)cc1. The smallest absolute Gasteiger partial charge is 0.221 e. The van der Waals surface area contributed by atoms with Gasteiger partial charge in [-0.15, -0.1) is 11.6 Å². The molecular weight excluding hydrogens is 264 g/mol. The van der Waals surface area contributed by atoms with Gasteiger partial charge in [-0.25, -0.2) is 4.98 Å². The number of halogens is 1. The van der Waals surface area contributed by atoms with Crippen molar-refractivity contribution >= 4 is 11.6 Å². The van der Waals surface area contributed by atoms with Crippen LogP contribution in [0.3, 0.4) is 0 Å². The first-order valence-corrected chi connectivity index (χ1v) is 6.40. The van der Waals surface area contributed by atoms with E-state index < -0.39 is 0 Å². The van der Waals surface area contributed by atoms with Crippen LogP contribution in [-0.4, -0.2) is 17.1 Å². The van der Waals surface area contributed by atoms with E-state index in [4.69, 9.17) is 21.1 Å². The molecule has 0 atom stereocenters. The zero-order valence-corrected chi connectivity index (χ0v) is 11.6. The number of nitrogens with zero attached hydrogens (tertiary/aromatic N) is 2. The van der Waals surface area contributed by atoms with Gasteiger partial charge in [0.15, 0.2) is 0 Å². The normalized spacial score (nSPS) is 10.3. The molecule has 5 heteroatoms. The predicted molar refractivity (Wildman–Crippen MR) is 73.7 cm³/mol. The van der Waals surface area contributed by atoms with Gasteiger partial charge in [-0.3, -0.25) is 0 Å². The van der Waals surface area contributed by atoms with Gasteiger partial charge in [-0.1, -0.05) is 12.1 Å². The Bertz CT molecular complexity index is 544. The number of alkyl halides is 1. The van der Waals surface area contributed by atoms with Crippen molar-refractivity contribution in [3.8, 4) is 11.6 Å². The Morgan fingerprint density at radius 2 is 1.95 bits per heavy atom. The number of aryl methyl sites for hydroxylation is 1. The Morgan fingerprint density at radius 3 is 2.58 bits per heavy atom. The molecule has 4 nitrogen and oxygen atoms in total. The molecule has 0 fully saturated rings. The average Bonchev–Trinajstić information content (AvgIpc) is 2.46. The van der Waals surface area contributed by atoms with Crippen LogP contribution in [0.5, 0.6) is 11.6 Å². The maximum Gasteiger partial charge on any atom is 0.221 e. The highest BCUT2D eigenvalue weighted by Crippen LogP contribution is 2.19. The number of hydrogen-bond donors (Lipinski definition) is 0. The monoisotopic (exact) mass is 278 g/mol. The highest BCUT2D eigenvalue weighted by Gasteiger charge is 2.06. The lowest BCUT2D eigenvalue weighted by Gasteiger charge is -2.09. The van der Waals surface area contributed by atoms with Crippen molar-refractivity contribution < 1.29 is 9.47 Å². The highest BCUT2D eigenvalue weighted by atomic mass is 35.5. The Hall–Kier alpha value is -1.81. The molecule has 0 saturated heterocycles. The average molecular weight is 279 g/mol. The minimum Gasteiger partial charge on any atom is -0.497 e. The molecule has 0 aliphatic heterocycles. The second-order valence-corrected chi connectivity index (χ2v) is 4.29. The van der Waals surface area contributed by atoms with Crippen LogP contribution in [0.2, 0.25) is 0 Å². The molecule has 0 amide bonds. The van der Waals surface area contributed by atoms with Gasteiger partial charge in [0, 0.05) is 11.8 Å². The first-order chi connectivity index (χ1) is 9.22. The third kappa shape index (κ3) is 3.58. The summed E-state index contributed by atoms with van der Waals surface area (Å²) < 4.78 is 10.8. The summed E-state index contributed by atoms with van der Waals surface area (Å²) in [6.45, 7) is 2.25. The lowest BCUT2D eigenvalue weighted by Crippen LogP contribution is -2.02. The lowest BCUT2D eigenvalue weighted by molar-refractivity contribution is 0.289. The molecule has 0 bridgehead atoms. The van der Waals surface area contributed by atoms with Gasteiger partial charge >= 0.3 is 0 Å². The van der Waals surface area contributed by atoms with E-state index in [1.165, 1.54) is 0 Å². The quantitative estimate of drug-likeness (QED) is 0.788. The largest absolute Gasteiger partial charge is 0.497 e. The summed E-state index contributed by atoms with van der Waals surface area (Å²) in [7, 11) is 1.64. The molecule has 2 aromatic rings. The van der Waals surface area contributed by atoms with Gasteiger partial charge in [0.1, 0.15) is 18.2 Å². The molecule has 0 unspecified atom stereocenters. The third-order valence-electron chi connectivity index (χ3n) is 2.62. The molecule has 0 spiro atoms. The number of rotatable bonds is 5. The Labute approximate surface area is 117 Å². The topological polar surface area (TPSA) is 44.2 Å². The van der Waals surface area contributed by atoms with Crippen molar-refractivity contribution in [2.75, 3.05) is 7.11 Å². The number of aromatic nitrogens is 2. The van der Waals surface area contributed by atoms with Crippen molar-refractivity contribution in [1.82, 2.24) is 9.97 Å². The van der Waals surface area contributed by atoms with E-state index >= 15 is 0 Å². The standard InChI is InChI=1S/C14H15ClN2O2/c1-10-16-8-12(7-15)14(17-10)19-9-11-3-5-13(18-2)6-4-11/h3-6,8H,7,9H2,1-2H3. The van der Waals surface area contributed by atoms with E-state index in [-0.39, 0.29) is 0 Å². The number of benzene rings is 1. The molecule has 0 radical (unpaired) electrons. The summed E-state index contributed by atoms with van der Waals surface area (Å²) in [6.07, 6.45) is 1.69. The fourth-order valence-electron chi connectivity index (χ4n) is 1.56. The molecule has 0 saturated carbocycles. The summed E-state index contributed by atoms with van der Waals surface area (Å²) in [4.78, 5) is 8.35. The molecule has 1 aromatic carbocycles. The summed E-state index contributed by atoms with van der Waals surface area (Å²) in [6, 6.07) is 7.69. The van der Waals surface area contributed by atoms with Gasteiger partial charge in [-0.2, -0.15) is 4.98 Å². The van der Waals surface area contributed by atoms with E-state index in [0.29, 0.717) is 24.2 Å². The van der Waals surface area contributed by atoms with E-state index in [0.717, 1.165) is 16.9 Å². The van der Waals surface area contributed by atoms with Gasteiger partial charge in [-0.05, 0) is 24.6 Å². The van der Waals surface area contributed by atoms with E-state index in [1.54, 1.807) is 13.3 Å². The summed E-state index contributed by atoms with van der Waals surface area (Å²) in [5.41, 5.74) is 1.83. The van der Waals surface area contributed by atoms with Gasteiger partial charge in [0.05, 0.1) is 13.0 Å². The maximum absolute atomic E-state index is 5.83. The van der Waals surface area contributed by atoms with Gasteiger partial charge in [0.2, 0.25) is 5.88 Å². The van der Waals surface area contributed by atoms with Crippen molar-refractivity contribution in [3.05, 3.63) is 47.4 Å². The van der Waals surface area contributed by atoms with Crippen LogP contribution < -0.4 is 9.47 Å². The highest BCUT2D eigenvalue weighted by molar-refractivity contribution is 6.17. The van der Waals surface area contributed by atoms with Crippen LogP contribution in [0, 0.1) is 6.92 Å². The molecule has 0 aliphatic rings. The van der Waals surface area contributed by atoms with Crippen molar-refractivity contribution in [2.24, 2.45) is 0 Å². The second kappa shape index (κ2) is 6.38. The van der Waals surface area contributed by atoms with Crippen molar-refractivity contribution in [3.63, 3.8) is 0 Å². The summed E-state index contributed by atoms with van der Waals surface area (Å²) in [5, 5.41) is 0. The van der Waals surface area contributed by atoms with E-state index in [2.05, 4.69) is 9.97 Å². The first-order valence-electron chi connectivity index (χ1n) is 5.87. The zero-order valence-electron chi connectivity index (χ0n) is 10.9. The van der Waals surface area contributed by atoms with Crippen molar-refractivity contribution in [1.29, 1.82) is 0 Å². The van der Waals surface area contributed by atoms with E-state index in [9.17, 15) is 0 Å². The number of hydrogen-bond acceptors (Lipinski definition) is 4. The Balaban J connectivity index is 2.07. The van der Waals surface area contributed by atoms with Crippen LogP contribution in [-0.2, 0) is 12.5 Å². The fraction of sp³-hybridized carbons (Fsp3) is 0.286.